The quantitative estimate of drug-likeness (QED) is 0.721. The second-order valence-electron chi connectivity index (χ2n) is 7.50. The molecule has 0 saturated carbocycles. The van der Waals surface area contributed by atoms with Gasteiger partial charge in [0.15, 0.2) is 0 Å². The molecule has 1 atom stereocenters. The van der Waals surface area contributed by atoms with Crippen LogP contribution in [0.25, 0.3) is 0 Å². The summed E-state index contributed by atoms with van der Waals surface area (Å²) in [6.45, 7) is 4.52. The van der Waals surface area contributed by atoms with E-state index in [9.17, 15) is 14.7 Å². The second-order valence-corrected chi connectivity index (χ2v) is 7.50. The number of anilines is 1. The van der Waals surface area contributed by atoms with Crippen LogP contribution in [-0.2, 0) is 20.9 Å². The molecule has 2 saturated heterocycles. The number of nitrogens with zero attached hydrogens (tertiary/aromatic N) is 1. The van der Waals surface area contributed by atoms with Crippen LogP contribution >= 0.6 is 0 Å². The van der Waals surface area contributed by atoms with Gasteiger partial charge < -0.3 is 20.5 Å². The summed E-state index contributed by atoms with van der Waals surface area (Å²) in [5.74, 6) is -0.118. The standard InChI is InChI=1S/C20H29N3O4/c1-15(24)22-17-6-4-16(5-7-17)13-21-19(26)14-23-10-8-20(9-11-23)18(25)3-2-12-27-20/h4-7,18,25H,2-3,8-14H2,1H3,(H,21,26)(H,22,24)/t18-/m1/s1. The molecule has 7 heteroatoms. The number of hydrogen-bond donors (Lipinski definition) is 3. The van der Waals surface area contributed by atoms with E-state index in [4.69, 9.17) is 4.74 Å². The zero-order valence-electron chi connectivity index (χ0n) is 15.9. The lowest BCUT2D eigenvalue weighted by Crippen LogP contribution is -2.56. The van der Waals surface area contributed by atoms with Gasteiger partial charge in [-0.3, -0.25) is 14.5 Å². The number of piperidine rings is 1. The van der Waals surface area contributed by atoms with Crippen LogP contribution in [0.5, 0.6) is 0 Å². The Labute approximate surface area is 160 Å². The molecule has 3 N–H and O–H groups in total. The monoisotopic (exact) mass is 375 g/mol. The minimum atomic E-state index is -0.402. The van der Waals surface area contributed by atoms with Gasteiger partial charge in [-0.25, -0.2) is 0 Å². The van der Waals surface area contributed by atoms with Crippen LogP contribution in [-0.4, -0.2) is 59.8 Å². The SMILES string of the molecule is CC(=O)Nc1ccc(CNC(=O)CN2CCC3(CC2)OCCC[C@H]3O)cc1. The third-order valence-electron chi connectivity index (χ3n) is 5.45. The van der Waals surface area contributed by atoms with Gasteiger partial charge in [-0.05, 0) is 43.4 Å². The number of rotatable bonds is 5. The van der Waals surface area contributed by atoms with Crippen molar-refractivity contribution in [1.82, 2.24) is 10.2 Å². The van der Waals surface area contributed by atoms with E-state index in [1.54, 1.807) is 0 Å². The number of ether oxygens (including phenoxy) is 1. The van der Waals surface area contributed by atoms with Crippen LogP contribution in [0.4, 0.5) is 5.69 Å². The molecule has 1 spiro atoms. The normalized spacial score (nSPS) is 22.4. The smallest absolute Gasteiger partial charge is 0.234 e. The van der Waals surface area contributed by atoms with Gasteiger partial charge in [0.25, 0.3) is 0 Å². The van der Waals surface area contributed by atoms with Crippen molar-refractivity contribution in [3.05, 3.63) is 29.8 Å². The zero-order chi connectivity index (χ0) is 19.3. The molecule has 3 rings (SSSR count). The molecular weight excluding hydrogens is 346 g/mol. The van der Waals surface area contributed by atoms with Crippen LogP contribution in [0, 0.1) is 0 Å². The Kier molecular flexibility index (Phi) is 6.46. The van der Waals surface area contributed by atoms with Gasteiger partial charge in [0.05, 0.1) is 18.2 Å². The van der Waals surface area contributed by atoms with E-state index in [0.717, 1.165) is 56.6 Å². The molecule has 2 amide bonds. The molecule has 2 heterocycles. The number of aliphatic hydroxyl groups excluding tert-OH is 1. The number of carbonyl (C=O) groups excluding carboxylic acids is 2. The van der Waals surface area contributed by atoms with E-state index in [-0.39, 0.29) is 17.9 Å². The van der Waals surface area contributed by atoms with E-state index in [2.05, 4.69) is 15.5 Å². The summed E-state index contributed by atoms with van der Waals surface area (Å²) in [7, 11) is 0. The third kappa shape index (κ3) is 5.28. The van der Waals surface area contributed by atoms with E-state index in [1.165, 1.54) is 6.92 Å². The van der Waals surface area contributed by atoms with Crippen LogP contribution in [0.2, 0.25) is 0 Å². The number of aliphatic hydroxyl groups is 1. The number of hydrogen-bond acceptors (Lipinski definition) is 5. The van der Waals surface area contributed by atoms with Crippen molar-refractivity contribution < 1.29 is 19.4 Å². The number of benzene rings is 1. The predicted octanol–water partition coefficient (Wildman–Crippen LogP) is 1.27. The fourth-order valence-electron chi connectivity index (χ4n) is 3.85. The summed E-state index contributed by atoms with van der Waals surface area (Å²) in [5, 5.41) is 15.9. The van der Waals surface area contributed by atoms with Gasteiger partial charge >= 0.3 is 0 Å². The maximum atomic E-state index is 12.2. The van der Waals surface area contributed by atoms with Gasteiger partial charge in [0, 0.05) is 38.9 Å². The first-order valence-corrected chi connectivity index (χ1v) is 9.64. The Morgan fingerprint density at radius 3 is 2.59 bits per heavy atom. The van der Waals surface area contributed by atoms with Crippen molar-refractivity contribution in [1.29, 1.82) is 0 Å². The molecule has 2 aliphatic heterocycles. The summed E-state index contributed by atoms with van der Waals surface area (Å²) in [4.78, 5) is 25.4. The minimum absolute atomic E-state index is 0.0120. The molecule has 1 aromatic rings. The second kappa shape index (κ2) is 8.82. The van der Waals surface area contributed by atoms with Crippen LogP contribution < -0.4 is 10.6 Å². The Morgan fingerprint density at radius 2 is 1.96 bits per heavy atom. The summed E-state index contributed by atoms with van der Waals surface area (Å²) in [6, 6.07) is 7.42. The van der Waals surface area contributed by atoms with Gasteiger partial charge in [-0.1, -0.05) is 12.1 Å². The third-order valence-corrected chi connectivity index (χ3v) is 5.45. The lowest BCUT2D eigenvalue weighted by molar-refractivity contribution is -0.177. The predicted molar refractivity (Wildman–Crippen MR) is 102 cm³/mol. The first-order valence-electron chi connectivity index (χ1n) is 9.64. The molecule has 0 radical (unpaired) electrons. The molecule has 2 aliphatic rings. The summed E-state index contributed by atoms with van der Waals surface area (Å²) in [6.07, 6.45) is 2.88. The molecule has 1 aromatic carbocycles. The van der Waals surface area contributed by atoms with E-state index in [0.29, 0.717) is 13.1 Å². The molecule has 0 aliphatic carbocycles. The maximum Gasteiger partial charge on any atom is 0.234 e. The first-order chi connectivity index (χ1) is 13.0. The van der Waals surface area contributed by atoms with Crippen molar-refractivity contribution in [3.63, 3.8) is 0 Å². The van der Waals surface area contributed by atoms with Crippen molar-refractivity contribution in [2.24, 2.45) is 0 Å². The maximum absolute atomic E-state index is 12.2. The molecule has 0 aromatic heterocycles. The molecule has 148 valence electrons. The first kappa shape index (κ1) is 19.8. The highest BCUT2D eigenvalue weighted by atomic mass is 16.5. The lowest BCUT2D eigenvalue weighted by Gasteiger charge is -2.46. The topological polar surface area (TPSA) is 90.9 Å². The van der Waals surface area contributed by atoms with Crippen LogP contribution in [0.15, 0.2) is 24.3 Å². The van der Waals surface area contributed by atoms with Gasteiger partial charge in [-0.2, -0.15) is 0 Å². The molecule has 2 fully saturated rings. The molecular formula is C20H29N3O4. The van der Waals surface area contributed by atoms with Crippen molar-refractivity contribution >= 4 is 17.5 Å². The lowest BCUT2D eigenvalue weighted by atomic mass is 9.82. The van der Waals surface area contributed by atoms with Gasteiger partial charge in [0.2, 0.25) is 11.8 Å². The molecule has 0 bridgehead atoms. The Bertz CT molecular complexity index is 654. The number of likely N-dealkylation sites (tertiary alicyclic amines) is 1. The highest BCUT2D eigenvalue weighted by Crippen LogP contribution is 2.35. The average molecular weight is 375 g/mol. The summed E-state index contributed by atoms with van der Waals surface area (Å²) in [5.41, 5.74) is 1.32. The highest BCUT2D eigenvalue weighted by Gasteiger charge is 2.43. The Morgan fingerprint density at radius 1 is 1.26 bits per heavy atom. The molecule has 7 nitrogen and oxygen atoms in total. The summed E-state index contributed by atoms with van der Waals surface area (Å²) >= 11 is 0. The van der Waals surface area contributed by atoms with Crippen molar-refractivity contribution in [2.45, 2.75) is 50.9 Å². The highest BCUT2D eigenvalue weighted by molar-refractivity contribution is 5.88. The largest absolute Gasteiger partial charge is 0.390 e. The summed E-state index contributed by atoms with van der Waals surface area (Å²) < 4.78 is 5.91. The average Bonchev–Trinajstić information content (AvgIpc) is 2.65. The fourth-order valence-corrected chi connectivity index (χ4v) is 3.85. The van der Waals surface area contributed by atoms with E-state index < -0.39 is 5.60 Å². The van der Waals surface area contributed by atoms with Crippen molar-refractivity contribution in [3.8, 4) is 0 Å². The Hall–Kier alpha value is -1.96. The van der Waals surface area contributed by atoms with Crippen molar-refractivity contribution in [2.75, 3.05) is 31.6 Å². The fraction of sp³-hybridized carbons (Fsp3) is 0.600. The number of carbonyl (C=O) groups is 2. The van der Waals surface area contributed by atoms with Crippen LogP contribution in [0.1, 0.15) is 38.2 Å². The number of amides is 2. The van der Waals surface area contributed by atoms with Gasteiger partial charge in [0.1, 0.15) is 0 Å². The number of nitrogens with one attached hydrogen (secondary N) is 2. The molecule has 27 heavy (non-hydrogen) atoms. The minimum Gasteiger partial charge on any atom is -0.390 e. The van der Waals surface area contributed by atoms with E-state index in [1.807, 2.05) is 24.3 Å². The van der Waals surface area contributed by atoms with Crippen LogP contribution in [0.3, 0.4) is 0 Å². The molecule has 0 unspecified atom stereocenters. The Balaban J connectivity index is 1.40. The van der Waals surface area contributed by atoms with E-state index >= 15 is 0 Å². The zero-order valence-corrected chi connectivity index (χ0v) is 15.9. The van der Waals surface area contributed by atoms with Gasteiger partial charge in [-0.15, -0.1) is 0 Å².